The Bertz CT molecular complexity index is 694. The average molecular weight is 281 g/mol. The molecule has 0 unspecified atom stereocenters. The summed E-state index contributed by atoms with van der Waals surface area (Å²) in [5.74, 6) is -1.21. The molecule has 0 spiro atoms. The minimum Gasteiger partial charge on any atom is -0.477 e. The zero-order valence-corrected chi connectivity index (χ0v) is 10.8. The van der Waals surface area contributed by atoms with Crippen LogP contribution in [0.25, 0.3) is 0 Å². The SMILES string of the molecule is CN(c1ccncc1)S(=O)(=O)c1c[nH]c(C(=O)O)c1. The number of nitrogens with zero attached hydrogens (tertiary/aromatic N) is 2. The van der Waals surface area contributed by atoms with Crippen LogP contribution in [0.5, 0.6) is 0 Å². The zero-order valence-electron chi connectivity index (χ0n) is 9.94. The molecule has 7 nitrogen and oxygen atoms in total. The maximum Gasteiger partial charge on any atom is 0.352 e. The van der Waals surface area contributed by atoms with E-state index in [1.807, 2.05) is 0 Å². The first kappa shape index (κ1) is 13.1. The van der Waals surface area contributed by atoms with Gasteiger partial charge in [-0.3, -0.25) is 9.29 Å². The Morgan fingerprint density at radius 2 is 2.00 bits per heavy atom. The van der Waals surface area contributed by atoms with E-state index in [0.29, 0.717) is 5.69 Å². The fraction of sp³-hybridized carbons (Fsp3) is 0.0909. The second-order valence-corrected chi connectivity index (χ2v) is 5.70. The zero-order chi connectivity index (χ0) is 14.0. The quantitative estimate of drug-likeness (QED) is 0.867. The summed E-state index contributed by atoms with van der Waals surface area (Å²) in [7, 11) is -2.41. The number of rotatable bonds is 4. The van der Waals surface area contributed by atoms with E-state index in [1.165, 1.54) is 19.4 Å². The number of sulfonamides is 1. The van der Waals surface area contributed by atoms with E-state index < -0.39 is 16.0 Å². The predicted octanol–water partition coefficient (Wildman–Crippen LogP) is 0.933. The topological polar surface area (TPSA) is 103 Å². The van der Waals surface area contributed by atoms with Crippen LogP contribution in [0.3, 0.4) is 0 Å². The van der Waals surface area contributed by atoms with Gasteiger partial charge in [0.2, 0.25) is 0 Å². The van der Waals surface area contributed by atoms with E-state index in [0.717, 1.165) is 16.6 Å². The van der Waals surface area contributed by atoms with Crippen molar-refractivity contribution in [3.05, 3.63) is 42.5 Å². The van der Waals surface area contributed by atoms with E-state index in [-0.39, 0.29) is 10.6 Å². The normalized spacial score (nSPS) is 11.2. The molecule has 0 saturated carbocycles. The first-order valence-electron chi connectivity index (χ1n) is 5.23. The maximum atomic E-state index is 12.3. The highest BCUT2D eigenvalue weighted by Crippen LogP contribution is 2.21. The van der Waals surface area contributed by atoms with Crippen molar-refractivity contribution in [1.82, 2.24) is 9.97 Å². The van der Waals surface area contributed by atoms with Crippen LogP contribution in [-0.4, -0.2) is 36.5 Å². The average Bonchev–Trinajstić information content (AvgIpc) is 2.89. The van der Waals surface area contributed by atoms with Crippen molar-refractivity contribution < 1.29 is 18.3 Å². The van der Waals surface area contributed by atoms with Crippen LogP contribution in [0.15, 0.2) is 41.7 Å². The van der Waals surface area contributed by atoms with Crippen LogP contribution < -0.4 is 4.31 Å². The minimum absolute atomic E-state index is 0.107. The number of carboxylic acid groups (broad SMARTS) is 1. The Hall–Kier alpha value is -2.35. The number of nitrogens with one attached hydrogen (secondary N) is 1. The van der Waals surface area contributed by atoms with Gasteiger partial charge in [0, 0.05) is 25.6 Å². The third kappa shape index (κ3) is 2.43. The molecule has 0 saturated heterocycles. The highest BCUT2D eigenvalue weighted by atomic mass is 32.2. The lowest BCUT2D eigenvalue weighted by atomic mass is 10.4. The third-order valence-corrected chi connectivity index (χ3v) is 4.33. The second-order valence-electron chi connectivity index (χ2n) is 3.73. The molecule has 2 heterocycles. The van der Waals surface area contributed by atoms with Gasteiger partial charge in [-0.25, -0.2) is 13.2 Å². The maximum absolute atomic E-state index is 12.3. The minimum atomic E-state index is -3.79. The van der Waals surface area contributed by atoms with Crippen molar-refractivity contribution in [2.45, 2.75) is 4.90 Å². The number of aromatic carboxylic acids is 1. The number of carbonyl (C=O) groups is 1. The second kappa shape index (κ2) is 4.73. The van der Waals surface area contributed by atoms with E-state index >= 15 is 0 Å². The fourth-order valence-corrected chi connectivity index (χ4v) is 2.69. The molecular weight excluding hydrogens is 270 g/mol. The molecule has 100 valence electrons. The molecule has 2 aromatic rings. The lowest BCUT2D eigenvalue weighted by molar-refractivity contribution is 0.0691. The Kier molecular flexibility index (Phi) is 3.26. The van der Waals surface area contributed by atoms with Gasteiger partial charge in [0.15, 0.2) is 0 Å². The Morgan fingerprint density at radius 1 is 1.37 bits per heavy atom. The Balaban J connectivity index is 2.39. The van der Waals surface area contributed by atoms with Crippen molar-refractivity contribution in [3.63, 3.8) is 0 Å². The van der Waals surface area contributed by atoms with E-state index in [4.69, 9.17) is 5.11 Å². The van der Waals surface area contributed by atoms with Gasteiger partial charge in [-0.2, -0.15) is 0 Å². The molecule has 0 aliphatic heterocycles. The van der Waals surface area contributed by atoms with Crippen molar-refractivity contribution in [3.8, 4) is 0 Å². The number of H-pyrrole nitrogens is 1. The van der Waals surface area contributed by atoms with Gasteiger partial charge in [-0.05, 0) is 18.2 Å². The van der Waals surface area contributed by atoms with Gasteiger partial charge in [-0.1, -0.05) is 0 Å². The first-order chi connectivity index (χ1) is 8.93. The van der Waals surface area contributed by atoms with Gasteiger partial charge < -0.3 is 10.1 Å². The van der Waals surface area contributed by atoms with Gasteiger partial charge >= 0.3 is 5.97 Å². The van der Waals surface area contributed by atoms with Gasteiger partial charge in [0.1, 0.15) is 10.6 Å². The number of aromatic nitrogens is 2. The summed E-state index contributed by atoms with van der Waals surface area (Å²) in [4.78, 5) is 16.8. The summed E-state index contributed by atoms with van der Waals surface area (Å²) in [6, 6.07) is 4.17. The van der Waals surface area contributed by atoms with Crippen LogP contribution in [0.4, 0.5) is 5.69 Å². The van der Waals surface area contributed by atoms with Crippen LogP contribution in [0.2, 0.25) is 0 Å². The monoisotopic (exact) mass is 281 g/mol. The van der Waals surface area contributed by atoms with Crippen molar-refractivity contribution in [1.29, 1.82) is 0 Å². The van der Waals surface area contributed by atoms with E-state index in [1.54, 1.807) is 12.1 Å². The predicted molar refractivity (Wildman–Crippen MR) is 67.6 cm³/mol. The number of anilines is 1. The molecule has 0 aliphatic carbocycles. The third-order valence-electron chi connectivity index (χ3n) is 2.57. The number of pyridine rings is 1. The van der Waals surface area contributed by atoms with Crippen molar-refractivity contribution in [2.24, 2.45) is 0 Å². The summed E-state index contributed by atoms with van der Waals surface area (Å²) in [6.45, 7) is 0. The van der Waals surface area contributed by atoms with Crippen LogP contribution in [0, 0.1) is 0 Å². The smallest absolute Gasteiger partial charge is 0.352 e. The standard InChI is InChI=1S/C11H11N3O4S/c1-14(8-2-4-12-5-3-8)19(17,18)9-6-10(11(15)16)13-7-9/h2-7,13H,1H3,(H,15,16). The molecule has 0 atom stereocenters. The van der Waals surface area contributed by atoms with Crippen molar-refractivity contribution >= 4 is 21.7 Å². The molecule has 2 rings (SSSR count). The number of aromatic amines is 1. The molecule has 0 fully saturated rings. The van der Waals surface area contributed by atoms with Crippen LogP contribution in [-0.2, 0) is 10.0 Å². The van der Waals surface area contributed by atoms with Crippen LogP contribution >= 0.6 is 0 Å². The lowest BCUT2D eigenvalue weighted by Crippen LogP contribution is -2.26. The summed E-state index contributed by atoms with van der Waals surface area (Å²) in [5, 5.41) is 8.77. The molecular formula is C11H11N3O4S. The fourth-order valence-electron chi connectivity index (χ4n) is 1.50. The van der Waals surface area contributed by atoms with Gasteiger partial charge in [0.25, 0.3) is 10.0 Å². The highest BCUT2D eigenvalue weighted by Gasteiger charge is 2.23. The van der Waals surface area contributed by atoms with Gasteiger partial charge in [0.05, 0.1) is 5.69 Å². The van der Waals surface area contributed by atoms with Crippen molar-refractivity contribution in [2.75, 3.05) is 11.4 Å². The molecule has 2 N–H and O–H groups in total. The molecule has 0 bridgehead atoms. The summed E-state index contributed by atoms with van der Waals surface area (Å²) in [6.07, 6.45) is 4.10. The molecule has 0 aliphatic rings. The molecule has 19 heavy (non-hydrogen) atoms. The highest BCUT2D eigenvalue weighted by molar-refractivity contribution is 7.92. The van der Waals surface area contributed by atoms with Gasteiger partial charge in [-0.15, -0.1) is 0 Å². The largest absolute Gasteiger partial charge is 0.477 e. The molecule has 0 radical (unpaired) electrons. The Morgan fingerprint density at radius 3 is 2.53 bits per heavy atom. The van der Waals surface area contributed by atoms with E-state index in [2.05, 4.69) is 9.97 Å². The molecule has 2 aromatic heterocycles. The molecule has 8 heteroatoms. The molecule has 0 aromatic carbocycles. The Labute approximate surface area is 109 Å². The number of hydrogen-bond acceptors (Lipinski definition) is 4. The number of carboxylic acids is 1. The van der Waals surface area contributed by atoms with Crippen LogP contribution in [0.1, 0.15) is 10.5 Å². The first-order valence-corrected chi connectivity index (χ1v) is 6.67. The number of hydrogen-bond donors (Lipinski definition) is 2. The van der Waals surface area contributed by atoms with E-state index in [9.17, 15) is 13.2 Å². The summed E-state index contributed by atoms with van der Waals surface area (Å²) in [5.41, 5.74) is 0.259. The lowest BCUT2D eigenvalue weighted by Gasteiger charge is -2.18. The summed E-state index contributed by atoms with van der Waals surface area (Å²) < 4.78 is 25.6. The molecule has 0 amide bonds. The summed E-state index contributed by atoms with van der Waals surface area (Å²) >= 11 is 0.